The number of nitrogens with zero attached hydrogens (tertiary/aromatic N) is 1. The van der Waals surface area contributed by atoms with E-state index >= 15 is 0 Å². The maximum absolute atomic E-state index is 13.3. The summed E-state index contributed by atoms with van der Waals surface area (Å²) in [6.07, 6.45) is -4.98. The molecule has 4 rings (SSSR count). The third-order valence-corrected chi connectivity index (χ3v) is 5.62. The van der Waals surface area contributed by atoms with E-state index in [2.05, 4.69) is 0 Å². The smallest absolute Gasteiger partial charge is 0.375 e. The van der Waals surface area contributed by atoms with Gasteiger partial charge in [-0.3, -0.25) is 9.59 Å². The van der Waals surface area contributed by atoms with E-state index in [1.165, 1.54) is 17.0 Å². The Labute approximate surface area is 182 Å². The first-order chi connectivity index (χ1) is 15.1. The van der Waals surface area contributed by atoms with Crippen LogP contribution in [-0.4, -0.2) is 16.8 Å². The Morgan fingerprint density at radius 1 is 1.00 bits per heavy atom. The van der Waals surface area contributed by atoms with E-state index in [4.69, 9.17) is 0 Å². The van der Waals surface area contributed by atoms with Crippen LogP contribution in [0.2, 0.25) is 0 Å². The number of ketones is 1. The molecule has 0 bridgehead atoms. The molecule has 0 saturated carbocycles. The van der Waals surface area contributed by atoms with Gasteiger partial charge in [-0.05, 0) is 30.7 Å². The highest BCUT2D eigenvalue weighted by molar-refractivity contribution is 6.10. The van der Waals surface area contributed by atoms with Crippen molar-refractivity contribution in [2.45, 2.75) is 31.7 Å². The molecule has 164 valence electrons. The molecular formula is C25H20F3NO3. The zero-order valence-electron chi connectivity index (χ0n) is 17.2. The van der Waals surface area contributed by atoms with Crippen LogP contribution in [0.3, 0.4) is 0 Å². The van der Waals surface area contributed by atoms with Crippen molar-refractivity contribution in [2.75, 3.05) is 4.90 Å². The molecule has 1 atom stereocenters. The van der Waals surface area contributed by atoms with Crippen LogP contribution >= 0.6 is 0 Å². The molecule has 0 spiro atoms. The minimum Gasteiger partial charge on any atom is -0.375 e. The number of Topliss-reactive ketones (excluding diaryl/α,β-unsaturated/α-hetero) is 1. The molecule has 0 aliphatic carbocycles. The van der Waals surface area contributed by atoms with Gasteiger partial charge in [0.05, 0.1) is 24.2 Å². The van der Waals surface area contributed by atoms with Crippen molar-refractivity contribution in [1.29, 1.82) is 0 Å². The summed E-state index contributed by atoms with van der Waals surface area (Å²) in [7, 11) is 0. The zero-order chi connectivity index (χ0) is 23.1. The Hall–Kier alpha value is -3.45. The van der Waals surface area contributed by atoms with Crippen molar-refractivity contribution in [3.63, 3.8) is 0 Å². The van der Waals surface area contributed by atoms with Gasteiger partial charge >= 0.3 is 6.18 Å². The molecule has 1 aliphatic rings. The predicted octanol–water partition coefficient (Wildman–Crippen LogP) is 5.02. The molecule has 3 aromatic rings. The second-order valence-corrected chi connectivity index (χ2v) is 7.93. The van der Waals surface area contributed by atoms with E-state index in [9.17, 15) is 27.9 Å². The minimum atomic E-state index is -4.51. The largest absolute Gasteiger partial charge is 0.416 e. The number of carbonyl (C=O) groups excluding carboxylic acids is 2. The number of rotatable bonds is 5. The molecule has 0 saturated heterocycles. The first kappa shape index (κ1) is 21.8. The van der Waals surface area contributed by atoms with Gasteiger partial charge in [0.1, 0.15) is 0 Å². The van der Waals surface area contributed by atoms with Crippen molar-refractivity contribution in [2.24, 2.45) is 0 Å². The highest BCUT2D eigenvalue weighted by Crippen LogP contribution is 2.43. The summed E-state index contributed by atoms with van der Waals surface area (Å²) in [6.45, 7) is 1.71. The number of carbonyl (C=O) groups is 2. The summed E-state index contributed by atoms with van der Waals surface area (Å²) in [4.78, 5) is 27.4. The SMILES string of the molecule is Cc1ccc(C(=O)CC2(O)C(=O)N(Cc3cccc(C(F)(F)F)c3)c3ccccc32)cc1. The van der Waals surface area contributed by atoms with Gasteiger partial charge in [0, 0.05) is 11.1 Å². The lowest BCUT2D eigenvalue weighted by atomic mass is 9.88. The highest BCUT2D eigenvalue weighted by Gasteiger charge is 2.50. The molecule has 32 heavy (non-hydrogen) atoms. The second kappa shape index (κ2) is 7.91. The molecule has 0 aromatic heterocycles. The number of hydrogen-bond donors (Lipinski definition) is 1. The number of halogens is 3. The van der Waals surface area contributed by atoms with E-state index in [-0.39, 0.29) is 17.7 Å². The summed E-state index contributed by atoms with van der Waals surface area (Å²) in [5.41, 5.74) is -0.691. The van der Waals surface area contributed by atoms with Crippen LogP contribution in [0.25, 0.3) is 0 Å². The Morgan fingerprint density at radius 2 is 1.69 bits per heavy atom. The monoisotopic (exact) mass is 439 g/mol. The van der Waals surface area contributed by atoms with Crippen LogP contribution in [0.4, 0.5) is 18.9 Å². The fraction of sp³-hybridized carbons (Fsp3) is 0.200. The first-order valence-corrected chi connectivity index (χ1v) is 9.99. The summed E-state index contributed by atoms with van der Waals surface area (Å²) in [6, 6.07) is 18.0. The molecule has 4 nitrogen and oxygen atoms in total. The Kier molecular flexibility index (Phi) is 5.38. The zero-order valence-corrected chi connectivity index (χ0v) is 17.2. The summed E-state index contributed by atoms with van der Waals surface area (Å²) < 4.78 is 39.3. The number of alkyl halides is 3. The topological polar surface area (TPSA) is 57.6 Å². The molecular weight excluding hydrogens is 419 g/mol. The summed E-state index contributed by atoms with van der Waals surface area (Å²) in [5, 5.41) is 11.3. The van der Waals surface area contributed by atoms with Crippen molar-refractivity contribution in [3.05, 3.63) is 101 Å². The summed E-state index contributed by atoms with van der Waals surface area (Å²) >= 11 is 0. The van der Waals surface area contributed by atoms with E-state index in [0.717, 1.165) is 17.7 Å². The predicted molar refractivity (Wildman–Crippen MR) is 113 cm³/mol. The highest BCUT2D eigenvalue weighted by atomic mass is 19.4. The molecule has 1 N–H and O–H groups in total. The lowest BCUT2D eigenvalue weighted by Crippen LogP contribution is -2.41. The van der Waals surface area contributed by atoms with Crippen molar-refractivity contribution < 1.29 is 27.9 Å². The van der Waals surface area contributed by atoms with Crippen molar-refractivity contribution >= 4 is 17.4 Å². The number of amides is 1. The standard InChI is InChI=1S/C25H20F3NO3/c1-16-9-11-18(12-10-16)22(30)14-24(32)20-7-2-3-8-21(20)29(23(24)31)15-17-5-4-6-19(13-17)25(26,27)28/h2-13,32H,14-15H2,1H3. The Balaban J connectivity index is 1.66. The van der Waals surface area contributed by atoms with Crippen LogP contribution in [0.1, 0.15) is 39.0 Å². The van der Waals surface area contributed by atoms with Crippen LogP contribution in [0, 0.1) is 6.92 Å². The lowest BCUT2D eigenvalue weighted by molar-refractivity contribution is -0.137. The number of hydrogen-bond acceptors (Lipinski definition) is 3. The van der Waals surface area contributed by atoms with Crippen LogP contribution in [-0.2, 0) is 23.1 Å². The van der Waals surface area contributed by atoms with E-state index in [1.54, 1.807) is 48.5 Å². The van der Waals surface area contributed by atoms with Gasteiger partial charge in [-0.2, -0.15) is 13.2 Å². The maximum Gasteiger partial charge on any atom is 0.416 e. The van der Waals surface area contributed by atoms with Gasteiger partial charge in [0.15, 0.2) is 11.4 Å². The van der Waals surface area contributed by atoms with Gasteiger partial charge in [0.25, 0.3) is 5.91 Å². The number of aryl methyl sites for hydroxylation is 1. The number of fused-ring (bicyclic) bond motifs is 1. The average Bonchev–Trinajstić information content (AvgIpc) is 2.96. The Morgan fingerprint density at radius 3 is 2.38 bits per heavy atom. The number of anilines is 1. The van der Waals surface area contributed by atoms with Crippen molar-refractivity contribution in [1.82, 2.24) is 0 Å². The minimum absolute atomic E-state index is 0.166. The third kappa shape index (κ3) is 3.91. The van der Waals surface area contributed by atoms with Gasteiger partial charge in [-0.15, -0.1) is 0 Å². The molecule has 1 heterocycles. The van der Waals surface area contributed by atoms with Crippen molar-refractivity contribution in [3.8, 4) is 0 Å². The molecule has 1 amide bonds. The van der Waals surface area contributed by atoms with Gasteiger partial charge in [-0.1, -0.05) is 60.2 Å². The second-order valence-electron chi connectivity index (χ2n) is 7.93. The lowest BCUT2D eigenvalue weighted by Gasteiger charge is -2.23. The molecule has 7 heteroatoms. The maximum atomic E-state index is 13.3. The molecule has 3 aromatic carbocycles. The fourth-order valence-corrected chi connectivity index (χ4v) is 3.94. The Bertz CT molecular complexity index is 1190. The summed E-state index contributed by atoms with van der Waals surface area (Å²) in [5.74, 6) is -1.15. The molecule has 1 unspecified atom stereocenters. The van der Waals surface area contributed by atoms with Crippen LogP contribution < -0.4 is 4.90 Å². The molecule has 1 aliphatic heterocycles. The molecule has 0 radical (unpaired) electrons. The van der Waals surface area contributed by atoms with Gasteiger partial charge in [0.2, 0.25) is 0 Å². The van der Waals surface area contributed by atoms with Crippen LogP contribution in [0.5, 0.6) is 0 Å². The number of aliphatic hydroxyl groups is 1. The quantitative estimate of drug-likeness (QED) is 0.568. The normalized spacial score (nSPS) is 18.0. The first-order valence-electron chi connectivity index (χ1n) is 9.99. The van der Waals surface area contributed by atoms with E-state index < -0.39 is 35.5 Å². The van der Waals surface area contributed by atoms with Gasteiger partial charge < -0.3 is 10.0 Å². The average molecular weight is 439 g/mol. The van der Waals surface area contributed by atoms with Gasteiger partial charge in [-0.25, -0.2) is 0 Å². The number of benzene rings is 3. The number of para-hydroxylation sites is 1. The van der Waals surface area contributed by atoms with E-state index in [1.807, 2.05) is 6.92 Å². The van der Waals surface area contributed by atoms with E-state index in [0.29, 0.717) is 11.3 Å². The van der Waals surface area contributed by atoms with Crippen LogP contribution in [0.15, 0.2) is 72.8 Å². The third-order valence-electron chi connectivity index (χ3n) is 5.62. The fourth-order valence-electron chi connectivity index (χ4n) is 3.94. The molecule has 0 fully saturated rings.